The highest BCUT2D eigenvalue weighted by molar-refractivity contribution is 9.10. The largest absolute Gasteiger partial charge is 0.503 e. The summed E-state index contributed by atoms with van der Waals surface area (Å²) < 4.78 is 31.9. The lowest BCUT2D eigenvalue weighted by Crippen LogP contribution is -1.91. The molecule has 0 spiro atoms. The summed E-state index contributed by atoms with van der Waals surface area (Å²) in [7, 11) is 3.57. The Hall–Kier alpha value is -0.890. The average Bonchev–Trinajstić information content (AvgIpc) is 2.62. The maximum atomic E-state index is 9.96. The van der Waals surface area contributed by atoms with Crippen LogP contribution in [0, 0.1) is 0 Å². The van der Waals surface area contributed by atoms with E-state index in [4.69, 9.17) is 38.8 Å². The van der Waals surface area contributed by atoms with Gasteiger partial charge in [-0.05, 0) is 56.1 Å². The second-order valence-electron chi connectivity index (χ2n) is 4.01. The van der Waals surface area contributed by atoms with Crippen molar-refractivity contribution in [3.63, 3.8) is 0 Å². The number of hydrogen-bond acceptors (Lipinski definition) is 4. The third kappa shape index (κ3) is 6.73. The van der Waals surface area contributed by atoms with Crippen LogP contribution in [0.15, 0.2) is 33.2 Å². The molecule has 25 heavy (non-hydrogen) atoms. The van der Waals surface area contributed by atoms with Crippen molar-refractivity contribution in [3.05, 3.63) is 43.3 Å². The molecule has 9 heteroatoms. The summed E-state index contributed by atoms with van der Waals surface area (Å²) in [4.78, 5) is 0. The van der Waals surface area contributed by atoms with Gasteiger partial charge in [0.1, 0.15) is 0 Å². The summed E-state index contributed by atoms with van der Waals surface area (Å²) in [6.07, 6.45) is 0. The SMILES string of the molecule is COc1c(Cl)ccc(Br)c1O.COc1c(Cl)ccc(Br)c1OC.[2H]CF. The van der Waals surface area contributed by atoms with Crippen LogP contribution in [0.4, 0.5) is 4.39 Å². The Kier molecular flexibility index (Phi) is 11.0. The fourth-order valence-corrected chi connectivity index (χ4v) is 2.85. The average molecular weight is 524 g/mol. The van der Waals surface area contributed by atoms with Gasteiger partial charge < -0.3 is 19.3 Å². The van der Waals surface area contributed by atoms with Gasteiger partial charge in [-0.3, -0.25) is 4.39 Å². The number of benzene rings is 2. The van der Waals surface area contributed by atoms with Gasteiger partial charge in [-0.25, -0.2) is 0 Å². The predicted molar refractivity (Wildman–Crippen MR) is 107 cm³/mol. The van der Waals surface area contributed by atoms with E-state index in [9.17, 15) is 9.50 Å². The Morgan fingerprint density at radius 2 is 1.28 bits per heavy atom. The van der Waals surface area contributed by atoms with Gasteiger partial charge in [-0.2, -0.15) is 0 Å². The first kappa shape index (κ1) is 22.2. The summed E-state index contributed by atoms with van der Waals surface area (Å²) in [6.45, 7) is 0. The smallest absolute Gasteiger partial charge is 0.180 e. The number of methoxy groups -OCH3 is 3. The van der Waals surface area contributed by atoms with Gasteiger partial charge in [0.05, 0.1) is 48.8 Å². The molecule has 0 aliphatic heterocycles. The van der Waals surface area contributed by atoms with Crippen molar-refractivity contribution in [1.82, 2.24) is 0 Å². The van der Waals surface area contributed by atoms with E-state index >= 15 is 0 Å². The lowest BCUT2D eigenvalue weighted by molar-refractivity contribution is 0.353. The normalized spacial score (nSPS) is 9.68. The van der Waals surface area contributed by atoms with Crippen molar-refractivity contribution in [2.24, 2.45) is 0 Å². The van der Waals surface area contributed by atoms with Crippen LogP contribution in [0.3, 0.4) is 0 Å². The third-order valence-corrected chi connectivity index (χ3v) is 4.52. The summed E-state index contributed by atoms with van der Waals surface area (Å²) in [5.41, 5.74) is 0. The van der Waals surface area contributed by atoms with E-state index in [1.807, 2.05) is 6.07 Å². The molecule has 2 rings (SSSR count). The topological polar surface area (TPSA) is 47.9 Å². The van der Waals surface area contributed by atoms with Gasteiger partial charge in [0.15, 0.2) is 23.0 Å². The lowest BCUT2D eigenvalue weighted by atomic mass is 10.3. The van der Waals surface area contributed by atoms with Gasteiger partial charge in [-0.15, -0.1) is 0 Å². The van der Waals surface area contributed by atoms with Crippen molar-refractivity contribution in [2.45, 2.75) is 0 Å². The second-order valence-corrected chi connectivity index (χ2v) is 6.53. The molecule has 0 aliphatic rings. The zero-order valence-corrected chi connectivity index (χ0v) is 18.3. The molecular weight excluding hydrogens is 506 g/mol. The van der Waals surface area contributed by atoms with Crippen LogP contribution >= 0.6 is 55.1 Å². The van der Waals surface area contributed by atoms with Crippen LogP contribution in [-0.2, 0) is 0 Å². The Morgan fingerprint density at radius 1 is 0.880 bits per heavy atom. The number of hydrogen-bond donors (Lipinski definition) is 1. The first-order valence-electron chi connectivity index (χ1n) is 7.11. The molecule has 4 nitrogen and oxygen atoms in total. The quantitative estimate of drug-likeness (QED) is 0.497. The number of rotatable bonds is 3. The van der Waals surface area contributed by atoms with E-state index in [1.54, 1.807) is 32.4 Å². The molecule has 0 bridgehead atoms. The van der Waals surface area contributed by atoms with E-state index in [0.29, 0.717) is 31.8 Å². The Balaban J connectivity index is 0.000000419. The zero-order chi connectivity index (χ0) is 20.3. The van der Waals surface area contributed by atoms with Crippen LogP contribution in [0.2, 0.25) is 10.0 Å². The number of aromatic hydroxyl groups is 1. The van der Waals surface area contributed by atoms with Crippen LogP contribution in [0.5, 0.6) is 23.0 Å². The Labute approximate surface area is 174 Å². The van der Waals surface area contributed by atoms with Crippen LogP contribution in [-0.4, -0.2) is 33.6 Å². The van der Waals surface area contributed by atoms with Gasteiger partial charge in [0.2, 0.25) is 0 Å². The molecule has 0 aromatic heterocycles. The standard InChI is InChI=1S/C8H8BrClO2.C7H6BrClO2.CH3F/c1-11-7-5(9)3-4-6(10)8(7)12-2;1-11-7-5(9)3-2-4(8)6(7)10;1-2/h3-4H,1-2H3;2-3,10H,1H3;1H3/i;;1D. The predicted octanol–water partition coefficient (Wildman–Crippen LogP) is 6.52. The van der Waals surface area contributed by atoms with E-state index < -0.39 is 7.15 Å². The van der Waals surface area contributed by atoms with Crippen LogP contribution in [0.25, 0.3) is 0 Å². The Morgan fingerprint density at radius 3 is 1.64 bits per heavy atom. The minimum Gasteiger partial charge on any atom is -0.503 e. The van der Waals surface area contributed by atoms with Gasteiger partial charge >= 0.3 is 0 Å². The molecule has 0 aliphatic carbocycles. The second kappa shape index (κ2) is 12.5. The molecule has 0 saturated carbocycles. The van der Waals surface area contributed by atoms with Crippen molar-refractivity contribution in [1.29, 1.82) is 0 Å². The first-order valence-corrected chi connectivity index (χ1v) is 8.75. The fourth-order valence-electron chi connectivity index (χ4n) is 1.61. The highest BCUT2D eigenvalue weighted by Crippen LogP contribution is 2.40. The summed E-state index contributed by atoms with van der Waals surface area (Å²) in [6, 6.07) is 6.85. The van der Waals surface area contributed by atoms with E-state index in [0.717, 1.165) is 4.47 Å². The van der Waals surface area contributed by atoms with Crippen molar-refractivity contribution >= 4 is 55.1 Å². The molecule has 0 saturated heterocycles. The summed E-state index contributed by atoms with van der Waals surface area (Å²) in [5.74, 6) is 1.49. The monoisotopic (exact) mass is 521 g/mol. The van der Waals surface area contributed by atoms with Crippen molar-refractivity contribution in [2.75, 3.05) is 28.5 Å². The fraction of sp³-hybridized carbons (Fsp3) is 0.250. The molecule has 2 aromatic carbocycles. The molecule has 140 valence electrons. The zero-order valence-electron chi connectivity index (χ0n) is 14.6. The minimum absolute atomic E-state index is 0.0278. The number of phenols is 1. The molecule has 0 unspecified atom stereocenters. The van der Waals surface area contributed by atoms with E-state index in [2.05, 4.69) is 31.9 Å². The lowest BCUT2D eigenvalue weighted by Gasteiger charge is -2.09. The molecule has 1 N–H and O–H groups in total. The van der Waals surface area contributed by atoms with E-state index in [1.165, 1.54) is 7.11 Å². The maximum absolute atomic E-state index is 9.96. The van der Waals surface area contributed by atoms with Gasteiger partial charge in [0.25, 0.3) is 0 Å². The number of halogens is 5. The van der Waals surface area contributed by atoms with E-state index in [-0.39, 0.29) is 5.75 Å². The third-order valence-electron chi connectivity index (χ3n) is 2.66. The number of phenolic OH excluding ortho intramolecular Hbond substituents is 1. The van der Waals surface area contributed by atoms with Crippen LogP contribution < -0.4 is 14.2 Å². The number of ether oxygens (including phenoxy) is 3. The molecule has 2 aromatic rings. The Bertz CT molecular complexity index is 679. The highest BCUT2D eigenvalue weighted by Gasteiger charge is 2.11. The van der Waals surface area contributed by atoms with Gasteiger partial charge in [0, 0.05) is 0 Å². The van der Waals surface area contributed by atoms with Crippen LogP contribution in [0.1, 0.15) is 1.37 Å². The maximum Gasteiger partial charge on any atom is 0.180 e. The molecule has 0 fully saturated rings. The summed E-state index contributed by atoms with van der Waals surface area (Å²) in [5, 5.41) is 10.3. The minimum atomic E-state index is -1.00. The molecular formula is C16H17Br2Cl2FO4. The molecule has 0 amide bonds. The van der Waals surface area contributed by atoms with Crippen molar-refractivity contribution in [3.8, 4) is 23.0 Å². The van der Waals surface area contributed by atoms with Crippen molar-refractivity contribution < 1.29 is 25.1 Å². The highest BCUT2D eigenvalue weighted by atomic mass is 79.9. The molecule has 0 heterocycles. The van der Waals surface area contributed by atoms with Gasteiger partial charge in [-0.1, -0.05) is 23.2 Å². The summed E-state index contributed by atoms with van der Waals surface area (Å²) >= 11 is 18.0. The first-order chi connectivity index (χ1) is 12.3. The molecule has 0 radical (unpaired) electrons. The molecule has 0 atom stereocenters. The number of alkyl halides is 1.